The van der Waals surface area contributed by atoms with E-state index in [1.165, 1.54) is 22.9 Å². The summed E-state index contributed by atoms with van der Waals surface area (Å²) in [7, 11) is 0. The summed E-state index contributed by atoms with van der Waals surface area (Å²) >= 11 is 0. The minimum Gasteiger partial charge on any atom is -0.441 e. The van der Waals surface area contributed by atoms with Crippen molar-refractivity contribution in [2.24, 2.45) is 0 Å². The fourth-order valence-corrected chi connectivity index (χ4v) is 2.93. The van der Waals surface area contributed by atoms with Crippen molar-refractivity contribution in [3.63, 3.8) is 0 Å². The molecule has 0 atom stereocenters. The molecule has 2 heterocycles. The van der Waals surface area contributed by atoms with Crippen LogP contribution >= 0.6 is 0 Å². The van der Waals surface area contributed by atoms with Crippen LogP contribution in [0.15, 0.2) is 53.1 Å². The van der Waals surface area contributed by atoms with Crippen molar-refractivity contribution in [1.82, 2.24) is 25.2 Å². The molecule has 0 aliphatic heterocycles. The molecule has 0 radical (unpaired) electrons. The van der Waals surface area contributed by atoms with Crippen LogP contribution in [-0.4, -0.2) is 31.1 Å². The Hall–Kier alpha value is -3.88. The first-order valence-corrected chi connectivity index (χ1v) is 9.36. The van der Waals surface area contributed by atoms with E-state index in [1.54, 1.807) is 13.1 Å². The Morgan fingerprint density at radius 2 is 1.97 bits per heavy atom. The molecule has 4 aromatic rings. The molecule has 0 bridgehead atoms. The number of hydrogen-bond donors (Lipinski definition) is 1. The topological polar surface area (TPSA) is 98.7 Å². The normalized spacial score (nSPS) is 10.9. The van der Waals surface area contributed by atoms with Crippen LogP contribution in [0.25, 0.3) is 17.0 Å². The van der Waals surface area contributed by atoms with Crippen molar-refractivity contribution in [2.45, 2.75) is 26.7 Å². The van der Waals surface area contributed by atoms with Crippen LogP contribution in [0.3, 0.4) is 0 Å². The molecule has 0 unspecified atom stereocenters. The third-order valence-corrected chi connectivity index (χ3v) is 4.54. The molecule has 1 N–H and O–H groups in total. The quantitative estimate of drug-likeness (QED) is 0.525. The van der Waals surface area contributed by atoms with Gasteiger partial charge in [-0.2, -0.15) is 4.68 Å². The summed E-state index contributed by atoms with van der Waals surface area (Å²) < 4.78 is 21.1. The molecule has 0 spiro atoms. The number of nitrogens with zero attached hydrogens (tertiary/aromatic N) is 5. The van der Waals surface area contributed by atoms with Gasteiger partial charge in [-0.15, -0.1) is 5.10 Å². The molecule has 2 aromatic carbocycles. The number of aromatic nitrogens is 5. The molecule has 0 saturated carbocycles. The number of rotatable bonds is 6. The average Bonchev–Trinajstić information content (AvgIpc) is 3.38. The lowest BCUT2D eigenvalue weighted by Gasteiger charge is -2.08. The molecule has 152 valence electrons. The Labute approximate surface area is 171 Å². The summed E-state index contributed by atoms with van der Waals surface area (Å²) in [4.78, 5) is 16.6. The number of oxazole rings is 1. The van der Waals surface area contributed by atoms with Crippen molar-refractivity contribution in [3.05, 3.63) is 71.8 Å². The number of amides is 1. The van der Waals surface area contributed by atoms with E-state index < -0.39 is 5.82 Å². The summed E-state index contributed by atoms with van der Waals surface area (Å²) in [5, 5.41) is 13.8. The maximum Gasteiger partial charge on any atom is 0.224 e. The minimum atomic E-state index is -0.494. The molecular formula is C21H19FN6O2. The van der Waals surface area contributed by atoms with Gasteiger partial charge in [-0.25, -0.2) is 9.37 Å². The Morgan fingerprint density at radius 1 is 1.17 bits per heavy atom. The zero-order valence-electron chi connectivity index (χ0n) is 16.5. The molecule has 0 aliphatic rings. The van der Waals surface area contributed by atoms with E-state index in [2.05, 4.69) is 25.8 Å². The predicted octanol–water partition coefficient (Wildman–Crippen LogP) is 3.64. The van der Waals surface area contributed by atoms with Gasteiger partial charge >= 0.3 is 0 Å². The van der Waals surface area contributed by atoms with Gasteiger partial charge in [0, 0.05) is 24.1 Å². The van der Waals surface area contributed by atoms with Crippen LogP contribution in [0.2, 0.25) is 0 Å². The number of hydrogen-bond acceptors (Lipinski definition) is 6. The number of halogens is 1. The number of carbonyl (C=O) groups is 1. The monoisotopic (exact) mass is 406 g/mol. The second-order valence-corrected chi connectivity index (χ2v) is 6.84. The number of nitrogens with one attached hydrogen (secondary N) is 1. The van der Waals surface area contributed by atoms with Crippen LogP contribution in [0.1, 0.15) is 23.7 Å². The SMILES string of the molecule is Cc1ccc(-c2cnc(CCC(=O)Nc3ccc(F)c(-n4nnnc4C)c3)o2)cc1. The second kappa shape index (κ2) is 8.24. The van der Waals surface area contributed by atoms with E-state index in [4.69, 9.17) is 4.42 Å². The van der Waals surface area contributed by atoms with E-state index in [9.17, 15) is 9.18 Å². The highest BCUT2D eigenvalue weighted by molar-refractivity contribution is 5.91. The molecule has 8 nitrogen and oxygen atoms in total. The van der Waals surface area contributed by atoms with E-state index >= 15 is 0 Å². The van der Waals surface area contributed by atoms with Crippen molar-refractivity contribution < 1.29 is 13.6 Å². The third-order valence-electron chi connectivity index (χ3n) is 4.54. The minimum absolute atomic E-state index is 0.158. The maximum atomic E-state index is 14.1. The molecule has 1 amide bonds. The van der Waals surface area contributed by atoms with Crippen LogP contribution in [0.4, 0.5) is 10.1 Å². The summed E-state index contributed by atoms with van der Waals surface area (Å²) in [6.45, 7) is 3.67. The van der Waals surface area contributed by atoms with Gasteiger partial charge in [0.25, 0.3) is 0 Å². The van der Waals surface area contributed by atoms with E-state index in [1.807, 2.05) is 31.2 Å². The number of aryl methyl sites for hydroxylation is 3. The predicted molar refractivity (Wildman–Crippen MR) is 107 cm³/mol. The van der Waals surface area contributed by atoms with E-state index in [-0.39, 0.29) is 18.0 Å². The molecule has 4 rings (SSSR count). The lowest BCUT2D eigenvalue weighted by atomic mass is 10.1. The molecule has 0 aliphatic carbocycles. The number of anilines is 1. The number of tetrazole rings is 1. The zero-order chi connectivity index (χ0) is 21.1. The molecule has 30 heavy (non-hydrogen) atoms. The van der Waals surface area contributed by atoms with Gasteiger partial charge in [-0.3, -0.25) is 4.79 Å². The first-order valence-electron chi connectivity index (χ1n) is 9.36. The van der Waals surface area contributed by atoms with Crippen molar-refractivity contribution >= 4 is 11.6 Å². The first kappa shape index (κ1) is 19.4. The van der Waals surface area contributed by atoms with Gasteiger partial charge in [-0.1, -0.05) is 29.8 Å². The Balaban J connectivity index is 1.39. The first-order chi connectivity index (χ1) is 14.5. The summed E-state index contributed by atoms with van der Waals surface area (Å²) in [5.41, 5.74) is 2.69. The fourth-order valence-electron chi connectivity index (χ4n) is 2.93. The zero-order valence-corrected chi connectivity index (χ0v) is 16.5. The lowest BCUT2D eigenvalue weighted by molar-refractivity contribution is -0.116. The summed E-state index contributed by atoms with van der Waals surface area (Å²) in [6, 6.07) is 12.1. The highest BCUT2D eigenvalue weighted by Gasteiger charge is 2.13. The standard InChI is InChI=1S/C21H19FN6O2/c1-13-3-5-15(6-4-13)19-12-23-21(30-19)10-9-20(29)24-16-7-8-17(22)18(11-16)28-14(2)25-26-27-28/h3-8,11-12H,9-10H2,1-2H3,(H,24,29). The number of carbonyl (C=O) groups excluding carboxylic acids is 1. The van der Waals surface area contributed by atoms with Crippen LogP contribution in [-0.2, 0) is 11.2 Å². The van der Waals surface area contributed by atoms with E-state index in [0.29, 0.717) is 29.6 Å². The molecular weight excluding hydrogens is 387 g/mol. The second-order valence-electron chi connectivity index (χ2n) is 6.84. The summed E-state index contributed by atoms with van der Waals surface area (Å²) in [5.74, 6) is 0.837. The van der Waals surface area contributed by atoms with Crippen LogP contribution in [0, 0.1) is 19.7 Å². The summed E-state index contributed by atoms with van der Waals surface area (Å²) in [6.07, 6.45) is 2.17. The Morgan fingerprint density at radius 3 is 2.70 bits per heavy atom. The van der Waals surface area contributed by atoms with Crippen molar-refractivity contribution in [1.29, 1.82) is 0 Å². The lowest BCUT2D eigenvalue weighted by Crippen LogP contribution is -2.13. The van der Waals surface area contributed by atoms with Crippen LogP contribution < -0.4 is 5.32 Å². The van der Waals surface area contributed by atoms with Gasteiger partial charge < -0.3 is 9.73 Å². The molecule has 0 fully saturated rings. The van der Waals surface area contributed by atoms with Gasteiger partial charge in [0.2, 0.25) is 5.91 Å². The van der Waals surface area contributed by atoms with E-state index in [0.717, 1.165) is 11.1 Å². The smallest absolute Gasteiger partial charge is 0.224 e. The Bertz CT molecular complexity index is 1180. The highest BCUT2D eigenvalue weighted by Crippen LogP contribution is 2.22. The molecule has 0 saturated heterocycles. The van der Waals surface area contributed by atoms with Gasteiger partial charge in [0.15, 0.2) is 17.5 Å². The van der Waals surface area contributed by atoms with Gasteiger partial charge in [0.1, 0.15) is 11.5 Å². The van der Waals surface area contributed by atoms with Gasteiger partial charge in [-0.05, 0) is 42.5 Å². The maximum absolute atomic E-state index is 14.1. The Kier molecular flexibility index (Phi) is 5.34. The van der Waals surface area contributed by atoms with Crippen molar-refractivity contribution in [3.8, 4) is 17.0 Å². The molecule has 9 heteroatoms. The molecule has 2 aromatic heterocycles. The fraction of sp³-hybridized carbons (Fsp3) is 0.190. The highest BCUT2D eigenvalue weighted by atomic mass is 19.1. The number of benzene rings is 2. The van der Waals surface area contributed by atoms with Crippen LogP contribution in [0.5, 0.6) is 0 Å². The largest absolute Gasteiger partial charge is 0.441 e. The average molecular weight is 406 g/mol. The van der Waals surface area contributed by atoms with Gasteiger partial charge in [0.05, 0.1) is 6.20 Å². The third kappa shape index (κ3) is 4.24. The van der Waals surface area contributed by atoms with Crippen molar-refractivity contribution in [2.75, 3.05) is 5.32 Å².